The normalized spacial score (nSPS) is 10.2. The van der Waals surface area contributed by atoms with E-state index in [0.29, 0.717) is 11.3 Å². The van der Waals surface area contributed by atoms with Crippen LogP contribution in [0.4, 0.5) is 5.69 Å². The molecule has 2 rings (SSSR count). The number of ether oxygens (including phenoxy) is 1. The first-order valence-electron chi connectivity index (χ1n) is 5.40. The summed E-state index contributed by atoms with van der Waals surface area (Å²) in [4.78, 5) is 15.1. The molecule has 2 aromatic rings. The summed E-state index contributed by atoms with van der Waals surface area (Å²) in [5, 5.41) is 8.05. The van der Waals surface area contributed by atoms with E-state index in [9.17, 15) is 4.79 Å². The van der Waals surface area contributed by atoms with Gasteiger partial charge in [-0.25, -0.2) is 4.79 Å². The van der Waals surface area contributed by atoms with Crippen LogP contribution in [-0.2, 0) is 4.74 Å². The molecule has 1 aromatic heterocycles. The first kappa shape index (κ1) is 12.1. The van der Waals surface area contributed by atoms with Crippen LogP contribution in [0.15, 0.2) is 30.6 Å². The van der Waals surface area contributed by atoms with Gasteiger partial charge in [0.15, 0.2) is 0 Å². The zero-order chi connectivity index (χ0) is 13.1. The third kappa shape index (κ3) is 2.17. The Labute approximate surface area is 105 Å². The number of benzene rings is 1. The lowest BCUT2D eigenvalue weighted by Gasteiger charge is -2.15. The molecule has 0 saturated carbocycles. The fourth-order valence-corrected chi connectivity index (χ4v) is 1.59. The summed E-state index contributed by atoms with van der Waals surface area (Å²) in [6.07, 6.45) is 3.11. The van der Waals surface area contributed by atoms with Crippen LogP contribution in [-0.4, -0.2) is 42.2 Å². The van der Waals surface area contributed by atoms with Gasteiger partial charge in [0, 0.05) is 19.8 Å². The van der Waals surface area contributed by atoms with Crippen LogP contribution in [0.2, 0.25) is 0 Å². The van der Waals surface area contributed by atoms with Crippen molar-refractivity contribution in [3.63, 3.8) is 0 Å². The van der Waals surface area contributed by atoms with E-state index >= 15 is 0 Å². The van der Waals surface area contributed by atoms with Gasteiger partial charge in [-0.15, -0.1) is 0 Å². The summed E-state index contributed by atoms with van der Waals surface area (Å²) in [6.45, 7) is 0. The number of nitrogens with zero attached hydrogens (tertiary/aromatic N) is 4. The highest BCUT2D eigenvalue weighted by molar-refractivity contribution is 5.94. The highest BCUT2D eigenvalue weighted by Crippen LogP contribution is 2.21. The standard InChI is InChI=1S/C12H14N4O2/c1-15(2)9-4-5-11(16-13-6-7-14-16)10(8-9)12(17)18-3/h4-8H,1-3H3. The van der Waals surface area contributed by atoms with Crippen LogP contribution in [0.25, 0.3) is 5.69 Å². The molecular weight excluding hydrogens is 232 g/mol. The lowest BCUT2D eigenvalue weighted by Crippen LogP contribution is -2.13. The quantitative estimate of drug-likeness (QED) is 0.759. The molecule has 6 heteroatoms. The number of rotatable bonds is 3. The van der Waals surface area contributed by atoms with Crippen molar-refractivity contribution in [1.29, 1.82) is 0 Å². The van der Waals surface area contributed by atoms with E-state index < -0.39 is 5.97 Å². The number of methoxy groups -OCH3 is 1. The van der Waals surface area contributed by atoms with E-state index in [4.69, 9.17) is 4.74 Å². The molecule has 0 aliphatic heterocycles. The Morgan fingerprint density at radius 1 is 1.28 bits per heavy atom. The summed E-state index contributed by atoms with van der Waals surface area (Å²) in [5.41, 5.74) is 1.93. The Hall–Kier alpha value is -2.37. The van der Waals surface area contributed by atoms with Gasteiger partial charge in [-0.2, -0.15) is 15.0 Å². The zero-order valence-electron chi connectivity index (χ0n) is 10.5. The van der Waals surface area contributed by atoms with Crippen molar-refractivity contribution in [2.45, 2.75) is 0 Å². The maximum Gasteiger partial charge on any atom is 0.340 e. The average molecular weight is 246 g/mol. The molecule has 1 heterocycles. The molecule has 0 amide bonds. The van der Waals surface area contributed by atoms with Gasteiger partial charge < -0.3 is 9.64 Å². The molecule has 0 atom stereocenters. The number of carbonyl (C=O) groups is 1. The molecule has 0 unspecified atom stereocenters. The topological polar surface area (TPSA) is 60.2 Å². The van der Waals surface area contributed by atoms with Crippen molar-refractivity contribution in [1.82, 2.24) is 15.0 Å². The lowest BCUT2D eigenvalue weighted by atomic mass is 10.1. The molecule has 0 fully saturated rings. The Kier molecular flexibility index (Phi) is 3.27. The predicted molar refractivity (Wildman–Crippen MR) is 67.0 cm³/mol. The van der Waals surface area contributed by atoms with E-state index in [0.717, 1.165) is 5.69 Å². The van der Waals surface area contributed by atoms with Crippen molar-refractivity contribution in [3.8, 4) is 5.69 Å². The maximum absolute atomic E-state index is 11.8. The molecule has 0 aliphatic rings. The van der Waals surface area contributed by atoms with Crippen LogP contribution in [0.5, 0.6) is 0 Å². The highest BCUT2D eigenvalue weighted by Gasteiger charge is 2.15. The number of hydrogen-bond donors (Lipinski definition) is 0. The van der Waals surface area contributed by atoms with Gasteiger partial charge in [-0.3, -0.25) is 0 Å². The molecule has 0 saturated heterocycles. The van der Waals surface area contributed by atoms with Crippen LogP contribution >= 0.6 is 0 Å². The third-order valence-electron chi connectivity index (χ3n) is 2.54. The maximum atomic E-state index is 11.8. The van der Waals surface area contributed by atoms with Crippen LogP contribution in [0.1, 0.15) is 10.4 Å². The summed E-state index contributed by atoms with van der Waals surface area (Å²) < 4.78 is 4.78. The second kappa shape index (κ2) is 4.87. The minimum Gasteiger partial charge on any atom is -0.465 e. The first-order valence-corrected chi connectivity index (χ1v) is 5.40. The van der Waals surface area contributed by atoms with Crippen molar-refractivity contribution in [3.05, 3.63) is 36.2 Å². The van der Waals surface area contributed by atoms with Crippen LogP contribution in [0.3, 0.4) is 0 Å². The third-order valence-corrected chi connectivity index (χ3v) is 2.54. The molecule has 0 N–H and O–H groups in total. The van der Waals surface area contributed by atoms with Gasteiger partial charge in [0.25, 0.3) is 0 Å². The Balaban J connectivity index is 2.56. The highest BCUT2D eigenvalue weighted by atomic mass is 16.5. The lowest BCUT2D eigenvalue weighted by molar-refractivity contribution is 0.0600. The second-order valence-corrected chi connectivity index (χ2v) is 3.91. The van der Waals surface area contributed by atoms with Crippen LogP contribution < -0.4 is 4.90 Å². The summed E-state index contributed by atoms with van der Waals surface area (Å²) >= 11 is 0. The summed E-state index contributed by atoms with van der Waals surface area (Å²) in [5.74, 6) is -0.411. The van der Waals surface area contributed by atoms with E-state index in [2.05, 4.69) is 10.2 Å². The predicted octanol–water partition coefficient (Wildman–Crippen LogP) is 1.12. The molecular formula is C12H14N4O2. The van der Waals surface area contributed by atoms with E-state index in [1.807, 2.05) is 25.1 Å². The Bertz CT molecular complexity index is 549. The minimum atomic E-state index is -0.411. The average Bonchev–Trinajstić information content (AvgIpc) is 2.90. The van der Waals surface area contributed by atoms with E-state index in [1.165, 1.54) is 11.9 Å². The van der Waals surface area contributed by atoms with E-state index in [-0.39, 0.29) is 0 Å². The minimum absolute atomic E-state index is 0.411. The molecule has 6 nitrogen and oxygen atoms in total. The largest absolute Gasteiger partial charge is 0.465 e. The second-order valence-electron chi connectivity index (χ2n) is 3.91. The van der Waals surface area contributed by atoms with Gasteiger partial charge >= 0.3 is 5.97 Å². The number of esters is 1. The van der Waals surface area contributed by atoms with Crippen molar-refractivity contribution < 1.29 is 9.53 Å². The fourth-order valence-electron chi connectivity index (χ4n) is 1.59. The van der Waals surface area contributed by atoms with Gasteiger partial charge in [-0.05, 0) is 18.2 Å². The molecule has 0 bridgehead atoms. The first-order chi connectivity index (χ1) is 8.63. The zero-order valence-corrected chi connectivity index (χ0v) is 10.5. The van der Waals surface area contributed by atoms with Crippen LogP contribution in [0, 0.1) is 0 Å². The molecule has 94 valence electrons. The number of carbonyl (C=O) groups excluding carboxylic acids is 1. The molecule has 0 aliphatic carbocycles. The van der Waals surface area contributed by atoms with Gasteiger partial charge in [-0.1, -0.05) is 0 Å². The van der Waals surface area contributed by atoms with Crippen molar-refractivity contribution >= 4 is 11.7 Å². The number of aromatic nitrogens is 3. The molecule has 0 radical (unpaired) electrons. The van der Waals surface area contributed by atoms with Crippen molar-refractivity contribution in [2.24, 2.45) is 0 Å². The number of hydrogen-bond acceptors (Lipinski definition) is 5. The van der Waals surface area contributed by atoms with Gasteiger partial charge in [0.1, 0.15) is 5.69 Å². The van der Waals surface area contributed by atoms with Crippen molar-refractivity contribution in [2.75, 3.05) is 26.1 Å². The van der Waals surface area contributed by atoms with Gasteiger partial charge in [0.05, 0.1) is 25.1 Å². The SMILES string of the molecule is COC(=O)c1cc(N(C)C)ccc1-n1nccn1. The summed E-state index contributed by atoms with van der Waals surface area (Å²) in [6, 6.07) is 5.44. The molecule has 1 aromatic carbocycles. The smallest absolute Gasteiger partial charge is 0.340 e. The number of anilines is 1. The fraction of sp³-hybridized carbons (Fsp3) is 0.250. The molecule has 0 spiro atoms. The summed E-state index contributed by atoms with van der Waals surface area (Å²) in [7, 11) is 5.16. The Morgan fingerprint density at radius 3 is 2.50 bits per heavy atom. The van der Waals surface area contributed by atoms with Gasteiger partial charge in [0.2, 0.25) is 0 Å². The molecule has 18 heavy (non-hydrogen) atoms. The Morgan fingerprint density at radius 2 is 1.94 bits per heavy atom. The monoisotopic (exact) mass is 246 g/mol. The van der Waals surface area contributed by atoms with E-state index in [1.54, 1.807) is 24.5 Å².